The number of aryl methyl sites for hydroxylation is 1. The molecule has 0 saturated carbocycles. The predicted molar refractivity (Wildman–Crippen MR) is 128 cm³/mol. The molecule has 0 saturated heterocycles. The van der Waals surface area contributed by atoms with Gasteiger partial charge in [0.2, 0.25) is 5.89 Å². The third-order valence-corrected chi connectivity index (χ3v) is 5.81. The van der Waals surface area contributed by atoms with Crippen molar-refractivity contribution in [3.05, 3.63) is 53.4 Å². The molecule has 2 N–H and O–H groups in total. The van der Waals surface area contributed by atoms with Crippen molar-refractivity contribution in [1.29, 1.82) is 0 Å². The molecule has 1 aromatic carbocycles. The molecule has 0 unspecified atom stereocenters. The number of nitrogens with zero attached hydrogens (tertiary/aromatic N) is 3. The van der Waals surface area contributed by atoms with Gasteiger partial charge < -0.3 is 15.1 Å². The van der Waals surface area contributed by atoms with Crippen LogP contribution in [0.2, 0.25) is 0 Å². The van der Waals surface area contributed by atoms with Crippen LogP contribution in [0.5, 0.6) is 0 Å². The second-order valence-corrected chi connectivity index (χ2v) is 8.10. The summed E-state index contributed by atoms with van der Waals surface area (Å²) >= 11 is 3.46. The van der Waals surface area contributed by atoms with Gasteiger partial charge in [-0.1, -0.05) is 29.5 Å². The molecule has 6 nitrogen and oxygen atoms in total. The number of aromatic nitrogens is 2. The lowest BCUT2D eigenvalue weighted by Gasteiger charge is -2.10. The summed E-state index contributed by atoms with van der Waals surface area (Å²) in [6, 6.07) is 8.14. The van der Waals surface area contributed by atoms with Crippen LogP contribution in [0.4, 0.5) is 0 Å². The van der Waals surface area contributed by atoms with Crippen LogP contribution in [0.1, 0.15) is 17.7 Å². The van der Waals surface area contributed by atoms with Gasteiger partial charge in [0, 0.05) is 36.5 Å². The number of thiazole rings is 1. The van der Waals surface area contributed by atoms with Crippen molar-refractivity contribution in [2.75, 3.05) is 19.3 Å². The van der Waals surface area contributed by atoms with Crippen molar-refractivity contribution in [1.82, 2.24) is 20.6 Å². The molecule has 150 valence electrons. The standard InChI is InChI=1S/C19H23N5OS2.HI/c1-14-4-6-15(7-5-14)17-24-16(13-25-17)12-23-18(20-2)21-8-3-10-26-19-22-9-11-27-19;/h4-7,9,11,13H,3,8,10,12H2,1-2H3,(H2,20,21,23);1H. The Hall–Kier alpha value is -1.59. The summed E-state index contributed by atoms with van der Waals surface area (Å²) in [7, 11) is 1.76. The van der Waals surface area contributed by atoms with Crippen molar-refractivity contribution >= 4 is 53.0 Å². The molecule has 3 rings (SSSR count). The molecule has 0 radical (unpaired) electrons. The average molecular weight is 529 g/mol. The summed E-state index contributed by atoms with van der Waals surface area (Å²) < 4.78 is 6.70. The van der Waals surface area contributed by atoms with Gasteiger partial charge in [0.15, 0.2) is 5.96 Å². The minimum Gasteiger partial charge on any atom is -0.444 e. The van der Waals surface area contributed by atoms with Crippen molar-refractivity contribution in [3.8, 4) is 11.5 Å². The fraction of sp³-hybridized carbons (Fsp3) is 0.316. The van der Waals surface area contributed by atoms with Crippen LogP contribution in [-0.2, 0) is 6.54 Å². The Morgan fingerprint density at radius 1 is 1.25 bits per heavy atom. The van der Waals surface area contributed by atoms with E-state index >= 15 is 0 Å². The molecule has 0 spiro atoms. The Morgan fingerprint density at radius 3 is 2.79 bits per heavy atom. The Morgan fingerprint density at radius 2 is 2.07 bits per heavy atom. The number of benzene rings is 1. The number of aliphatic imine (C=N–C) groups is 1. The van der Waals surface area contributed by atoms with Crippen molar-refractivity contribution < 1.29 is 4.42 Å². The maximum absolute atomic E-state index is 5.59. The van der Waals surface area contributed by atoms with E-state index in [2.05, 4.69) is 44.7 Å². The zero-order valence-electron chi connectivity index (χ0n) is 15.8. The van der Waals surface area contributed by atoms with Gasteiger partial charge in [0.05, 0.1) is 12.2 Å². The van der Waals surface area contributed by atoms with E-state index in [0.717, 1.165) is 40.3 Å². The first kappa shape index (κ1) is 22.7. The first-order valence-corrected chi connectivity index (χ1v) is 10.6. The van der Waals surface area contributed by atoms with E-state index in [-0.39, 0.29) is 24.0 Å². The van der Waals surface area contributed by atoms with Crippen LogP contribution in [0.15, 0.2) is 55.9 Å². The summed E-state index contributed by atoms with van der Waals surface area (Å²) in [5, 5.41) is 8.58. The normalized spacial score (nSPS) is 11.1. The highest BCUT2D eigenvalue weighted by atomic mass is 127. The van der Waals surface area contributed by atoms with Crippen LogP contribution in [0, 0.1) is 6.92 Å². The number of thioether (sulfide) groups is 1. The van der Waals surface area contributed by atoms with Gasteiger partial charge >= 0.3 is 0 Å². The zero-order valence-corrected chi connectivity index (χ0v) is 19.8. The van der Waals surface area contributed by atoms with E-state index in [9.17, 15) is 0 Å². The summed E-state index contributed by atoms with van der Waals surface area (Å²) in [4.78, 5) is 13.0. The summed E-state index contributed by atoms with van der Waals surface area (Å²) in [5.74, 6) is 2.42. The summed E-state index contributed by atoms with van der Waals surface area (Å²) in [6.07, 6.45) is 4.55. The van der Waals surface area contributed by atoms with Crippen molar-refractivity contribution in [2.45, 2.75) is 24.2 Å². The molecular weight excluding hydrogens is 505 g/mol. The molecule has 0 aliphatic carbocycles. The van der Waals surface area contributed by atoms with Gasteiger partial charge in [-0.25, -0.2) is 9.97 Å². The third-order valence-electron chi connectivity index (χ3n) is 3.76. The Kier molecular flexibility index (Phi) is 9.79. The first-order chi connectivity index (χ1) is 13.2. The number of halogens is 1. The number of oxazole rings is 1. The van der Waals surface area contributed by atoms with E-state index < -0.39 is 0 Å². The van der Waals surface area contributed by atoms with Crippen LogP contribution in [0.3, 0.4) is 0 Å². The fourth-order valence-electron chi connectivity index (χ4n) is 2.33. The molecule has 0 amide bonds. The smallest absolute Gasteiger partial charge is 0.226 e. The number of hydrogen-bond donors (Lipinski definition) is 2. The lowest BCUT2D eigenvalue weighted by atomic mass is 10.1. The molecule has 2 heterocycles. The number of guanidine groups is 1. The highest BCUT2D eigenvalue weighted by Gasteiger charge is 2.07. The minimum absolute atomic E-state index is 0. The predicted octanol–water partition coefficient (Wildman–Crippen LogP) is 4.57. The molecular formula is C19H24IN5OS2. The van der Waals surface area contributed by atoms with Crippen molar-refractivity contribution in [2.24, 2.45) is 4.99 Å². The molecule has 2 aromatic heterocycles. The van der Waals surface area contributed by atoms with Gasteiger partial charge in [0.1, 0.15) is 10.6 Å². The van der Waals surface area contributed by atoms with E-state index in [1.54, 1.807) is 36.4 Å². The topological polar surface area (TPSA) is 75.3 Å². The van der Waals surface area contributed by atoms with Gasteiger partial charge in [-0.2, -0.15) is 0 Å². The lowest BCUT2D eigenvalue weighted by molar-refractivity contribution is 0.572. The van der Waals surface area contributed by atoms with Gasteiger partial charge in [0.25, 0.3) is 0 Å². The monoisotopic (exact) mass is 529 g/mol. The van der Waals surface area contributed by atoms with E-state index in [1.165, 1.54) is 5.56 Å². The molecule has 3 aromatic rings. The number of nitrogens with one attached hydrogen (secondary N) is 2. The molecule has 28 heavy (non-hydrogen) atoms. The molecule has 0 aliphatic rings. The number of rotatable bonds is 8. The third kappa shape index (κ3) is 7.10. The second kappa shape index (κ2) is 12.1. The summed E-state index contributed by atoms with van der Waals surface area (Å²) in [6.45, 7) is 3.47. The lowest BCUT2D eigenvalue weighted by Crippen LogP contribution is -2.37. The van der Waals surface area contributed by atoms with Crippen LogP contribution in [0.25, 0.3) is 11.5 Å². The SMILES string of the molecule is CN=C(NCCCSc1nccs1)NCc1coc(-c2ccc(C)cc2)n1.I. The van der Waals surface area contributed by atoms with Crippen LogP contribution in [-0.4, -0.2) is 35.3 Å². The van der Waals surface area contributed by atoms with E-state index in [4.69, 9.17) is 4.42 Å². The van der Waals surface area contributed by atoms with Crippen molar-refractivity contribution in [3.63, 3.8) is 0 Å². The minimum atomic E-state index is 0. The Bertz CT molecular complexity index is 850. The first-order valence-electron chi connectivity index (χ1n) is 8.73. The molecule has 0 aliphatic heterocycles. The number of hydrogen-bond acceptors (Lipinski definition) is 6. The second-order valence-electron chi connectivity index (χ2n) is 5.86. The maximum Gasteiger partial charge on any atom is 0.226 e. The maximum atomic E-state index is 5.59. The quantitative estimate of drug-likeness (QED) is 0.146. The highest BCUT2D eigenvalue weighted by Crippen LogP contribution is 2.20. The zero-order chi connectivity index (χ0) is 18.9. The van der Waals surface area contributed by atoms with Gasteiger partial charge in [-0.3, -0.25) is 4.99 Å². The molecule has 0 bridgehead atoms. The van der Waals surface area contributed by atoms with Gasteiger partial charge in [-0.05, 0) is 25.5 Å². The average Bonchev–Trinajstić information content (AvgIpc) is 3.36. The largest absolute Gasteiger partial charge is 0.444 e. The van der Waals surface area contributed by atoms with Gasteiger partial charge in [-0.15, -0.1) is 35.3 Å². The van der Waals surface area contributed by atoms with E-state index in [1.807, 2.05) is 23.7 Å². The molecule has 0 atom stereocenters. The summed E-state index contributed by atoms with van der Waals surface area (Å²) in [5.41, 5.74) is 3.03. The molecule has 9 heteroatoms. The highest BCUT2D eigenvalue weighted by molar-refractivity contribution is 14.0. The Labute approximate surface area is 190 Å². The van der Waals surface area contributed by atoms with Crippen LogP contribution >= 0.6 is 47.1 Å². The van der Waals surface area contributed by atoms with E-state index in [0.29, 0.717) is 12.4 Å². The van der Waals surface area contributed by atoms with Crippen LogP contribution < -0.4 is 10.6 Å². The Balaban J connectivity index is 0.00000280. The fourth-order valence-corrected chi connectivity index (χ4v) is 3.98. The molecule has 0 fully saturated rings.